The van der Waals surface area contributed by atoms with E-state index in [2.05, 4.69) is 0 Å². The van der Waals surface area contributed by atoms with Crippen molar-refractivity contribution < 1.29 is 24.5 Å². The topological polar surface area (TPSA) is 83.8 Å². The first kappa shape index (κ1) is 15.0. The molecule has 1 rings (SSSR count). The molecule has 5 nitrogen and oxygen atoms in total. The van der Waals surface area contributed by atoms with Gasteiger partial charge < -0.3 is 14.9 Å². The summed E-state index contributed by atoms with van der Waals surface area (Å²) < 4.78 is 5.46. The minimum atomic E-state index is -1.15. The fraction of sp³-hybridized carbons (Fsp3) is 0.429. The summed E-state index contributed by atoms with van der Waals surface area (Å²) in [7, 11) is 0. The van der Waals surface area contributed by atoms with Crippen LogP contribution in [0.4, 0.5) is 0 Å². The Morgan fingerprint density at radius 2 is 2.05 bits per heavy atom. The van der Waals surface area contributed by atoms with Gasteiger partial charge in [0.1, 0.15) is 5.92 Å². The van der Waals surface area contributed by atoms with Gasteiger partial charge in [0.2, 0.25) is 0 Å². The number of rotatable bonds is 6. The maximum absolute atomic E-state index is 11.2. The average Bonchev–Trinajstić information content (AvgIpc) is 2.37. The molecule has 0 bridgehead atoms. The van der Waals surface area contributed by atoms with Crippen molar-refractivity contribution in [1.29, 1.82) is 0 Å². The number of carboxylic acid groups (broad SMARTS) is 2. The first-order valence-electron chi connectivity index (χ1n) is 6.17. The van der Waals surface area contributed by atoms with Crippen LogP contribution in [0.3, 0.4) is 0 Å². The predicted molar refractivity (Wildman–Crippen MR) is 69.5 cm³/mol. The zero-order valence-corrected chi connectivity index (χ0v) is 11.0. The van der Waals surface area contributed by atoms with Crippen molar-refractivity contribution in [2.75, 3.05) is 6.61 Å². The van der Waals surface area contributed by atoms with Crippen LogP contribution < -0.4 is 0 Å². The largest absolute Gasteiger partial charge is 0.498 e. The molecule has 104 valence electrons. The second-order valence-electron chi connectivity index (χ2n) is 4.26. The lowest BCUT2D eigenvalue weighted by atomic mass is 9.87. The van der Waals surface area contributed by atoms with Gasteiger partial charge in [0.15, 0.2) is 0 Å². The molecule has 0 saturated heterocycles. The van der Waals surface area contributed by atoms with E-state index in [1.54, 1.807) is 6.92 Å². The lowest BCUT2D eigenvalue weighted by Crippen LogP contribution is -2.22. The zero-order valence-electron chi connectivity index (χ0n) is 11.0. The average molecular weight is 266 g/mol. The Bertz CT molecular complexity index is 456. The number of hydrogen-bond acceptors (Lipinski definition) is 3. The van der Waals surface area contributed by atoms with Gasteiger partial charge in [0.05, 0.1) is 17.9 Å². The van der Waals surface area contributed by atoms with E-state index in [4.69, 9.17) is 14.9 Å². The standard InChI is InChI=1S/C14H18O5/c1-3-4-8-19-9(2)12-10(13(15)16)6-5-7-11(12)14(17)18/h5-7,10H,3-4,8H2,1-2H3,(H,15,16)(H,17,18). The van der Waals surface area contributed by atoms with Crippen LogP contribution in [0.15, 0.2) is 35.1 Å². The lowest BCUT2D eigenvalue weighted by molar-refractivity contribution is -0.139. The third-order valence-electron chi connectivity index (χ3n) is 2.86. The SMILES string of the molecule is CCCCOC(C)=C1C(C(=O)O)=CC=CC1C(=O)O. The maximum atomic E-state index is 11.2. The van der Waals surface area contributed by atoms with Gasteiger partial charge in [-0.15, -0.1) is 0 Å². The minimum Gasteiger partial charge on any atom is -0.498 e. The molecule has 0 spiro atoms. The molecular weight excluding hydrogens is 248 g/mol. The van der Waals surface area contributed by atoms with Crippen LogP contribution in [0.2, 0.25) is 0 Å². The first-order chi connectivity index (χ1) is 8.99. The van der Waals surface area contributed by atoms with Crippen LogP contribution in [0.1, 0.15) is 26.7 Å². The summed E-state index contributed by atoms with van der Waals surface area (Å²) in [5.41, 5.74) is 0.197. The molecule has 1 aliphatic rings. The fourth-order valence-corrected chi connectivity index (χ4v) is 1.86. The molecule has 0 radical (unpaired) electrons. The van der Waals surface area contributed by atoms with E-state index in [0.29, 0.717) is 12.4 Å². The van der Waals surface area contributed by atoms with Crippen molar-refractivity contribution in [2.45, 2.75) is 26.7 Å². The Morgan fingerprint density at radius 1 is 1.37 bits per heavy atom. The molecule has 1 unspecified atom stereocenters. The van der Waals surface area contributed by atoms with Crippen LogP contribution >= 0.6 is 0 Å². The van der Waals surface area contributed by atoms with Crippen molar-refractivity contribution in [1.82, 2.24) is 0 Å². The molecule has 1 aliphatic carbocycles. The number of ether oxygens (including phenoxy) is 1. The van der Waals surface area contributed by atoms with Crippen LogP contribution in [0.25, 0.3) is 0 Å². The lowest BCUT2D eigenvalue weighted by Gasteiger charge is -2.20. The number of unbranched alkanes of at least 4 members (excludes halogenated alkanes) is 1. The van der Waals surface area contributed by atoms with Gasteiger partial charge in [-0.25, -0.2) is 4.79 Å². The van der Waals surface area contributed by atoms with Crippen LogP contribution in [-0.2, 0) is 14.3 Å². The predicted octanol–water partition coefficient (Wildman–Crippen LogP) is 2.36. The van der Waals surface area contributed by atoms with Gasteiger partial charge in [-0.3, -0.25) is 4.79 Å². The Balaban J connectivity index is 3.09. The van der Waals surface area contributed by atoms with Gasteiger partial charge in [0.25, 0.3) is 0 Å². The van der Waals surface area contributed by atoms with E-state index in [-0.39, 0.29) is 11.1 Å². The van der Waals surface area contributed by atoms with Gasteiger partial charge in [-0.1, -0.05) is 25.5 Å². The molecule has 0 aromatic heterocycles. The zero-order chi connectivity index (χ0) is 14.4. The second kappa shape index (κ2) is 6.78. The van der Waals surface area contributed by atoms with E-state index >= 15 is 0 Å². The van der Waals surface area contributed by atoms with Crippen molar-refractivity contribution in [2.24, 2.45) is 5.92 Å². The van der Waals surface area contributed by atoms with Crippen LogP contribution in [0.5, 0.6) is 0 Å². The van der Waals surface area contributed by atoms with Gasteiger partial charge in [0, 0.05) is 5.57 Å². The molecule has 0 fully saturated rings. The molecule has 19 heavy (non-hydrogen) atoms. The third-order valence-corrected chi connectivity index (χ3v) is 2.86. The first-order valence-corrected chi connectivity index (χ1v) is 6.17. The normalized spacial score (nSPS) is 20.7. The summed E-state index contributed by atoms with van der Waals surface area (Å²) in [6.07, 6.45) is 6.09. The highest BCUT2D eigenvalue weighted by molar-refractivity contribution is 5.96. The van der Waals surface area contributed by atoms with Crippen molar-refractivity contribution in [3.05, 3.63) is 35.1 Å². The third kappa shape index (κ3) is 3.71. The van der Waals surface area contributed by atoms with Gasteiger partial charge in [-0.2, -0.15) is 0 Å². The summed E-state index contributed by atoms with van der Waals surface area (Å²) >= 11 is 0. The number of aliphatic carboxylic acids is 2. The molecule has 0 aromatic carbocycles. The molecule has 0 aromatic rings. The monoisotopic (exact) mass is 266 g/mol. The summed E-state index contributed by atoms with van der Waals surface area (Å²) in [4.78, 5) is 22.4. The molecule has 2 N–H and O–H groups in total. The van der Waals surface area contributed by atoms with E-state index in [0.717, 1.165) is 12.8 Å². The highest BCUT2D eigenvalue weighted by Gasteiger charge is 2.30. The number of allylic oxidation sites excluding steroid dienone is 3. The fourth-order valence-electron chi connectivity index (χ4n) is 1.86. The maximum Gasteiger partial charge on any atom is 0.336 e. The Morgan fingerprint density at radius 3 is 2.58 bits per heavy atom. The summed E-state index contributed by atoms with van der Waals surface area (Å²) in [5, 5.41) is 18.3. The quantitative estimate of drug-likeness (QED) is 0.569. The van der Waals surface area contributed by atoms with Gasteiger partial charge in [-0.05, 0) is 19.4 Å². The summed E-state index contributed by atoms with van der Waals surface area (Å²) in [5.74, 6) is -2.85. The van der Waals surface area contributed by atoms with E-state index < -0.39 is 17.9 Å². The van der Waals surface area contributed by atoms with Crippen LogP contribution in [-0.4, -0.2) is 28.8 Å². The van der Waals surface area contributed by atoms with E-state index in [1.165, 1.54) is 18.2 Å². The molecule has 0 aliphatic heterocycles. The Kier molecular flexibility index (Phi) is 5.36. The summed E-state index contributed by atoms with van der Waals surface area (Å²) in [6.45, 7) is 4.07. The summed E-state index contributed by atoms with van der Waals surface area (Å²) in [6, 6.07) is 0. The Hall–Kier alpha value is -2.04. The number of carboxylic acids is 2. The van der Waals surface area contributed by atoms with Crippen molar-refractivity contribution in [3.63, 3.8) is 0 Å². The highest BCUT2D eigenvalue weighted by Crippen LogP contribution is 2.29. The molecule has 1 atom stereocenters. The van der Waals surface area contributed by atoms with E-state index in [1.807, 2.05) is 6.92 Å². The molecule has 0 amide bonds. The minimum absolute atomic E-state index is 0.0242. The molecule has 0 saturated carbocycles. The highest BCUT2D eigenvalue weighted by atomic mass is 16.5. The number of hydrogen-bond donors (Lipinski definition) is 2. The molecule has 5 heteroatoms. The van der Waals surface area contributed by atoms with E-state index in [9.17, 15) is 9.59 Å². The van der Waals surface area contributed by atoms with Crippen molar-refractivity contribution in [3.8, 4) is 0 Å². The smallest absolute Gasteiger partial charge is 0.336 e. The van der Waals surface area contributed by atoms with Crippen LogP contribution in [0, 0.1) is 5.92 Å². The van der Waals surface area contributed by atoms with Gasteiger partial charge >= 0.3 is 11.9 Å². The van der Waals surface area contributed by atoms with Crippen molar-refractivity contribution >= 4 is 11.9 Å². The Labute approximate surface area is 111 Å². The second-order valence-corrected chi connectivity index (χ2v) is 4.26. The molecular formula is C14H18O5. The number of carbonyl (C=O) groups is 2. The molecule has 0 heterocycles.